The Morgan fingerprint density at radius 3 is 2.06 bits per heavy atom. The maximum atomic E-state index is 11.9. The lowest BCUT2D eigenvalue weighted by atomic mass is 9.96. The standard InChI is InChI=1S/C25H30N6O2/c1-3-19(2)28-24-23(31(32)33)25(27-18-26-24)30-16-14-29(15-17-30)22(20-10-6-4-7-11-20)21-12-8-5-9-13-21/h4-13,18-19,22H,3,14-17H2,1-2H3,(H,26,27,28). The van der Waals surface area contributed by atoms with Gasteiger partial charge in [0.05, 0.1) is 11.0 Å². The van der Waals surface area contributed by atoms with Crippen LogP contribution in [0.2, 0.25) is 0 Å². The van der Waals surface area contributed by atoms with E-state index < -0.39 is 0 Å². The molecule has 0 saturated carbocycles. The second-order valence-corrected chi connectivity index (χ2v) is 8.35. The number of nitro groups is 1. The Hall–Kier alpha value is -3.52. The molecule has 2 aromatic carbocycles. The van der Waals surface area contributed by atoms with Gasteiger partial charge < -0.3 is 10.2 Å². The van der Waals surface area contributed by atoms with Crippen LogP contribution in [-0.2, 0) is 0 Å². The summed E-state index contributed by atoms with van der Waals surface area (Å²) in [4.78, 5) is 24.5. The van der Waals surface area contributed by atoms with Gasteiger partial charge in [-0.25, -0.2) is 9.97 Å². The first kappa shape index (κ1) is 22.7. The maximum Gasteiger partial charge on any atom is 0.353 e. The molecular weight excluding hydrogens is 416 g/mol. The van der Waals surface area contributed by atoms with Crippen LogP contribution in [0.3, 0.4) is 0 Å². The summed E-state index contributed by atoms with van der Waals surface area (Å²) in [5, 5.41) is 15.1. The van der Waals surface area contributed by atoms with Gasteiger partial charge in [0.25, 0.3) is 0 Å². The summed E-state index contributed by atoms with van der Waals surface area (Å²) in [6.45, 7) is 6.85. The van der Waals surface area contributed by atoms with Crippen LogP contribution in [0.15, 0.2) is 67.0 Å². The molecule has 1 saturated heterocycles. The van der Waals surface area contributed by atoms with Crippen LogP contribution >= 0.6 is 0 Å². The van der Waals surface area contributed by atoms with Gasteiger partial charge in [0, 0.05) is 32.2 Å². The molecular formula is C25H30N6O2. The van der Waals surface area contributed by atoms with Crippen LogP contribution in [0.1, 0.15) is 37.4 Å². The Morgan fingerprint density at radius 2 is 1.55 bits per heavy atom. The Kier molecular flexibility index (Phi) is 7.14. The SMILES string of the molecule is CCC(C)Nc1ncnc(N2CCN(C(c3ccccc3)c3ccccc3)CC2)c1[N+](=O)[O-]. The Bertz CT molecular complexity index is 1020. The fourth-order valence-corrected chi connectivity index (χ4v) is 4.29. The summed E-state index contributed by atoms with van der Waals surface area (Å²) < 4.78 is 0. The largest absolute Gasteiger partial charge is 0.362 e. The molecule has 1 unspecified atom stereocenters. The average Bonchev–Trinajstić information content (AvgIpc) is 2.85. The first-order valence-electron chi connectivity index (χ1n) is 11.4. The minimum atomic E-state index is -0.372. The van der Waals surface area contributed by atoms with E-state index in [2.05, 4.69) is 68.7 Å². The first-order chi connectivity index (χ1) is 16.1. The number of rotatable bonds is 8. The zero-order chi connectivity index (χ0) is 23.2. The predicted octanol–water partition coefficient (Wildman–Crippen LogP) is 4.51. The number of hydrogen-bond acceptors (Lipinski definition) is 7. The van der Waals surface area contributed by atoms with E-state index in [4.69, 9.17) is 0 Å². The molecule has 4 rings (SSSR count). The van der Waals surface area contributed by atoms with Gasteiger partial charge in [-0.2, -0.15) is 0 Å². The topological polar surface area (TPSA) is 87.4 Å². The monoisotopic (exact) mass is 446 g/mol. The van der Waals surface area contributed by atoms with E-state index in [0.717, 1.165) is 19.5 Å². The number of piperazine rings is 1. The van der Waals surface area contributed by atoms with Crippen molar-refractivity contribution in [2.24, 2.45) is 0 Å². The van der Waals surface area contributed by atoms with Crippen molar-refractivity contribution in [2.45, 2.75) is 32.4 Å². The van der Waals surface area contributed by atoms with E-state index in [-0.39, 0.29) is 28.5 Å². The van der Waals surface area contributed by atoms with Crippen molar-refractivity contribution >= 4 is 17.3 Å². The van der Waals surface area contributed by atoms with E-state index >= 15 is 0 Å². The molecule has 1 aromatic heterocycles. The molecule has 8 heteroatoms. The second kappa shape index (κ2) is 10.4. The first-order valence-corrected chi connectivity index (χ1v) is 11.4. The zero-order valence-corrected chi connectivity index (χ0v) is 19.1. The molecule has 1 fully saturated rings. The molecule has 1 atom stereocenters. The van der Waals surface area contributed by atoms with Crippen LogP contribution in [0.5, 0.6) is 0 Å². The van der Waals surface area contributed by atoms with Crippen molar-refractivity contribution in [1.29, 1.82) is 0 Å². The number of hydrogen-bond donors (Lipinski definition) is 1. The van der Waals surface area contributed by atoms with E-state index in [1.54, 1.807) is 0 Å². The smallest absolute Gasteiger partial charge is 0.353 e. The third-order valence-corrected chi connectivity index (χ3v) is 6.19. The van der Waals surface area contributed by atoms with Gasteiger partial charge in [-0.3, -0.25) is 15.0 Å². The van der Waals surface area contributed by atoms with Gasteiger partial charge in [0.15, 0.2) is 0 Å². The van der Waals surface area contributed by atoms with Gasteiger partial charge in [0.2, 0.25) is 11.6 Å². The molecule has 33 heavy (non-hydrogen) atoms. The van der Waals surface area contributed by atoms with E-state index in [9.17, 15) is 10.1 Å². The molecule has 0 bridgehead atoms. The van der Waals surface area contributed by atoms with Crippen molar-refractivity contribution in [3.05, 3.63) is 88.2 Å². The van der Waals surface area contributed by atoms with Crippen molar-refractivity contribution in [2.75, 3.05) is 36.4 Å². The summed E-state index contributed by atoms with van der Waals surface area (Å²) in [6.07, 6.45) is 2.26. The van der Waals surface area contributed by atoms with Gasteiger partial charge in [-0.1, -0.05) is 67.6 Å². The minimum absolute atomic E-state index is 0.0473. The summed E-state index contributed by atoms with van der Waals surface area (Å²) >= 11 is 0. The summed E-state index contributed by atoms with van der Waals surface area (Å²) in [7, 11) is 0. The summed E-state index contributed by atoms with van der Waals surface area (Å²) in [6, 6.07) is 21.2. The Labute approximate surface area is 194 Å². The molecule has 2 heterocycles. The molecule has 1 aliphatic heterocycles. The molecule has 0 radical (unpaired) electrons. The van der Waals surface area contributed by atoms with E-state index in [1.165, 1.54) is 17.5 Å². The normalized spacial score (nSPS) is 15.4. The highest BCUT2D eigenvalue weighted by Crippen LogP contribution is 2.35. The summed E-state index contributed by atoms with van der Waals surface area (Å²) in [5.41, 5.74) is 2.43. The minimum Gasteiger partial charge on any atom is -0.362 e. The van der Waals surface area contributed by atoms with Crippen LogP contribution in [-0.4, -0.2) is 52.0 Å². The van der Waals surface area contributed by atoms with Crippen molar-refractivity contribution in [3.63, 3.8) is 0 Å². The maximum absolute atomic E-state index is 11.9. The second-order valence-electron chi connectivity index (χ2n) is 8.35. The zero-order valence-electron chi connectivity index (χ0n) is 19.1. The number of nitrogens with one attached hydrogen (secondary N) is 1. The van der Waals surface area contributed by atoms with Crippen molar-refractivity contribution < 1.29 is 4.92 Å². The number of anilines is 2. The fraction of sp³-hybridized carbons (Fsp3) is 0.360. The Balaban J connectivity index is 1.57. The number of nitrogens with zero attached hydrogens (tertiary/aromatic N) is 5. The molecule has 1 aliphatic rings. The fourth-order valence-electron chi connectivity index (χ4n) is 4.29. The third kappa shape index (κ3) is 5.12. The van der Waals surface area contributed by atoms with Crippen LogP contribution in [0, 0.1) is 10.1 Å². The predicted molar refractivity (Wildman–Crippen MR) is 131 cm³/mol. The van der Waals surface area contributed by atoms with Gasteiger partial charge in [-0.15, -0.1) is 0 Å². The molecule has 0 aliphatic carbocycles. The molecule has 0 amide bonds. The lowest BCUT2D eigenvalue weighted by molar-refractivity contribution is -0.383. The molecule has 3 aromatic rings. The lowest BCUT2D eigenvalue weighted by Crippen LogP contribution is -2.48. The molecule has 0 spiro atoms. The average molecular weight is 447 g/mol. The van der Waals surface area contributed by atoms with Crippen molar-refractivity contribution in [3.8, 4) is 0 Å². The number of benzene rings is 2. The van der Waals surface area contributed by atoms with Crippen LogP contribution in [0.25, 0.3) is 0 Å². The lowest BCUT2D eigenvalue weighted by Gasteiger charge is -2.40. The van der Waals surface area contributed by atoms with E-state index in [1.807, 2.05) is 30.9 Å². The Morgan fingerprint density at radius 1 is 0.970 bits per heavy atom. The quantitative estimate of drug-likeness (QED) is 0.402. The van der Waals surface area contributed by atoms with Crippen LogP contribution in [0.4, 0.5) is 17.3 Å². The molecule has 8 nitrogen and oxygen atoms in total. The highest BCUT2D eigenvalue weighted by molar-refractivity contribution is 5.70. The third-order valence-electron chi connectivity index (χ3n) is 6.19. The summed E-state index contributed by atoms with van der Waals surface area (Å²) in [5.74, 6) is 0.671. The molecule has 172 valence electrons. The highest BCUT2D eigenvalue weighted by atomic mass is 16.6. The highest BCUT2D eigenvalue weighted by Gasteiger charge is 2.32. The van der Waals surface area contributed by atoms with Crippen molar-refractivity contribution in [1.82, 2.24) is 14.9 Å². The molecule has 1 N–H and O–H groups in total. The van der Waals surface area contributed by atoms with Crippen LogP contribution < -0.4 is 10.2 Å². The van der Waals surface area contributed by atoms with Gasteiger partial charge >= 0.3 is 5.69 Å². The number of aromatic nitrogens is 2. The van der Waals surface area contributed by atoms with Gasteiger partial charge in [-0.05, 0) is 24.5 Å². The van der Waals surface area contributed by atoms with Gasteiger partial charge in [0.1, 0.15) is 6.33 Å². The van der Waals surface area contributed by atoms with E-state index in [0.29, 0.717) is 18.9 Å².